The highest BCUT2D eigenvalue weighted by Crippen LogP contribution is 2.22. The Hall–Kier alpha value is -4.24. The molecule has 224 valence electrons. The number of hydrogen-bond donors (Lipinski definition) is 1. The molecule has 0 saturated carbocycles. The van der Waals surface area contributed by atoms with Crippen LogP contribution in [0, 0.1) is 5.92 Å². The van der Waals surface area contributed by atoms with Crippen molar-refractivity contribution in [3.8, 4) is 0 Å². The standard InChI is InChI=1S/C33H41N3O6/c1-32(2,3)41-29(37)20-27(19-26-17-18-28(34-21-26)35-31(39)42-33(4,5)6)30(38)36(22-24-13-9-7-10-14-24)40-23-25-15-11-8-12-16-25/h7-18,21,27H,19-20,22-23H2,1-6H3,(H,34,35,39). The summed E-state index contributed by atoms with van der Waals surface area (Å²) >= 11 is 0. The van der Waals surface area contributed by atoms with Gasteiger partial charge in [-0.15, -0.1) is 0 Å². The number of pyridine rings is 1. The number of rotatable bonds is 11. The second kappa shape index (κ2) is 14.6. The van der Waals surface area contributed by atoms with Crippen LogP contribution in [0.25, 0.3) is 0 Å². The van der Waals surface area contributed by atoms with Crippen molar-refractivity contribution in [2.24, 2.45) is 5.92 Å². The minimum Gasteiger partial charge on any atom is -0.460 e. The molecular weight excluding hydrogens is 534 g/mol. The Labute approximate surface area is 248 Å². The fourth-order valence-electron chi connectivity index (χ4n) is 4.01. The normalized spacial score (nSPS) is 12.2. The summed E-state index contributed by atoms with van der Waals surface area (Å²) in [4.78, 5) is 49.4. The van der Waals surface area contributed by atoms with E-state index < -0.39 is 29.2 Å². The summed E-state index contributed by atoms with van der Waals surface area (Å²) in [6.07, 6.45) is 1.01. The fourth-order valence-corrected chi connectivity index (χ4v) is 4.01. The van der Waals surface area contributed by atoms with E-state index in [9.17, 15) is 14.4 Å². The van der Waals surface area contributed by atoms with Crippen LogP contribution in [0.5, 0.6) is 0 Å². The number of benzene rings is 2. The maximum Gasteiger partial charge on any atom is 0.413 e. The first-order valence-corrected chi connectivity index (χ1v) is 14.0. The third-order valence-electron chi connectivity index (χ3n) is 5.76. The maximum atomic E-state index is 14.0. The van der Waals surface area contributed by atoms with Gasteiger partial charge in [0.25, 0.3) is 0 Å². The smallest absolute Gasteiger partial charge is 0.413 e. The number of amides is 2. The molecule has 0 fully saturated rings. The van der Waals surface area contributed by atoms with Crippen molar-refractivity contribution >= 4 is 23.8 Å². The van der Waals surface area contributed by atoms with Gasteiger partial charge < -0.3 is 9.47 Å². The topological polar surface area (TPSA) is 107 Å². The number of carbonyl (C=O) groups excluding carboxylic acids is 3. The number of esters is 1. The highest BCUT2D eigenvalue weighted by Gasteiger charge is 2.30. The minimum atomic E-state index is -0.786. The largest absolute Gasteiger partial charge is 0.460 e. The number of hydroxylamine groups is 2. The molecule has 42 heavy (non-hydrogen) atoms. The Morgan fingerprint density at radius 3 is 1.93 bits per heavy atom. The van der Waals surface area contributed by atoms with Crippen LogP contribution in [0.1, 0.15) is 64.7 Å². The highest BCUT2D eigenvalue weighted by atomic mass is 16.7. The number of carbonyl (C=O) groups is 3. The van der Waals surface area contributed by atoms with E-state index in [1.807, 2.05) is 60.7 Å². The van der Waals surface area contributed by atoms with Crippen LogP contribution in [0.3, 0.4) is 0 Å². The van der Waals surface area contributed by atoms with Gasteiger partial charge in [-0.2, -0.15) is 0 Å². The van der Waals surface area contributed by atoms with Gasteiger partial charge in [-0.1, -0.05) is 66.7 Å². The van der Waals surface area contributed by atoms with E-state index in [1.165, 1.54) is 5.06 Å². The van der Waals surface area contributed by atoms with Crippen molar-refractivity contribution in [3.63, 3.8) is 0 Å². The maximum absolute atomic E-state index is 14.0. The number of hydrogen-bond acceptors (Lipinski definition) is 7. The summed E-state index contributed by atoms with van der Waals surface area (Å²) in [5, 5.41) is 3.92. The molecular formula is C33H41N3O6. The van der Waals surface area contributed by atoms with E-state index in [-0.39, 0.29) is 31.9 Å². The number of anilines is 1. The van der Waals surface area contributed by atoms with Gasteiger partial charge in [0.2, 0.25) is 5.91 Å². The van der Waals surface area contributed by atoms with E-state index >= 15 is 0 Å². The Kier molecular flexibility index (Phi) is 11.2. The van der Waals surface area contributed by atoms with Gasteiger partial charge >= 0.3 is 12.1 Å². The molecule has 0 spiro atoms. The zero-order valence-electron chi connectivity index (χ0n) is 25.3. The predicted molar refractivity (Wildman–Crippen MR) is 160 cm³/mol. The monoisotopic (exact) mass is 575 g/mol. The third kappa shape index (κ3) is 11.7. The zero-order valence-corrected chi connectivity index (χ0v) is 25.3. The van der Waals surface area contributed by atoms with Crippen molar-refractivity contribution in [3.05, 3.63) is 95.7 Å². The van der Waals surface area contributed by atoms with Gasteiger partial charge in [0.1, 0.15) is 23.6 Å². The Bertz CT molecular complexity index is 1300. The molecule has 1 heterocycles. The van der Waals surface area contributed by atoms with E-state index in [0.717, 1.165) is 11.1 Å². The van der Waals surface area contributed by atoms with Crippen LogP contribution >= 0.6 is 0 Å². The Morgan fingerprint density at radius 1 is 0.786 bits per heavy atom. The molecule has 3 rings (SSSR count). The molecule has 2 aromatic carbocycles. The summed E-state index contributed by atoms with van der Waals surface area (Å²) in [6.45, 7) is 11.1. The molecule has 0 bridgehead atoms. The summed E-state index contributed by atoms with van der Waals surface area (Å²) in [6, 6.07) is 22.5. The van der Waals surface area contributed by atoms with Crippen LogP contribution in [0.2, 0.25) is 0 Å². The summed E-state index contributed by atoms with van der Waals surface area (Å²) in [7, 11) is 0. The van der Waals surface area contributed by atoms with Crippen molar-refractivity contribution in [1.82, 2.24) is 10.0 Å². The minimum absolute atomic E-state index is 0.145. The lowest BCUT2D eigenvalue weighted by atomic mass is 9.95. The average molecular weight is 576 g/mol. The van der Waals surface area contributed by atoms with Crippen molar-refractivity contribution < 1.29 is 28.7 Å². The second-order valence-corrected chi connectivity index (χ2v) is 12.0. The quantitative estimate of drug-likeness (QED) is 0.206. The molecule has 0 saturated heterocycles. The van der Waals surface area contributed by atoms with Crippen LogP contribution < -0.4 is 5.32 Å². The van der Waals surface area contributed by atoms with Gasteiger partial charge in [0, 0.05) is 6.20 Å². The molecule has 1 atom stereocenters. The fraction of sp³-hybridized carbons (Fsp3) is 0.394. The molecule has 0 radical (unpaired) electrons. The van der Waals surface area contributed by atoms with Crippen LogP contribution in [-0.2, 0) is 43.5 Å². The second-order valence-electron chi connectivity index (χ2n) is 12.0. The summed E-state index contributed by atoms with van der Waals surface area (Å²) in [5.41, 5.74) is 1.15. The molecule has 9 heteroatoms. The Morgan fingerprint density at radius 2 is 1.38 bits per heavy atom. The van der Waals surface area contributed by atoms with Crippen molar-refractivity contribution in [2.75, 3.05) is 5.32 Å². The lowest BCUT2D eigenvalue weighted by Crippen LogP contribution is -2.38. The molecule has 1 N–H and O–H groups in total. The molecule has 1 unspecified atom stereocenters. The van der Waals surface area contributed by atoms with E-state index in [4.69, 9.17) is 14.3 Å². The molecule has 0 aliphatic rings. The summed E-state index contributed by atoms with van der Waals surface area (Å²) < 4.78 is 10.8. The van der Waals surface area contributed by atoms with E-state index in [2.05, 4.69) is 10.3 Å². The lowest BCUT2D eigenvalue weighted by Gasteiger charge is -2.27. The molecule has 2 amide bonds. The number of nitrogens with zero attached hydrogens (tertiary/aromatic N) is 2. The van der Waals surface area contributed by atoms with Crippen LogP contribution in [0.15, 0.2) is 79.0 Å². The van der Waals surface area contributed by atoms with Gasteiger partial charge in [-0.25, -0.2) is 14.8 Å². The van der Waals surface area contributed by atoms with Gasteiger partial charge in [0.15, 0.2) is 0 Å². The molecule has 0 aliphatic carbocycles. The molecule has 3 aromatic rings. The van der Waals surface area contributed by atoms with E-state index in [1.54, 1.807) is 59.9 Å². The highest BCUT2D eigenvalue weighted by molar-refractivity contribution is 5.84. The first-order chi connectivity index (χ1) is 19.8. The molecule has 0 aliphatic heterocycles. The number of aromatic nitrogens is 1. The summed E-state index contributed by atoms with van der Waals surface area (Å²) in [5.74, 6) is -1.32. The first kappa shape index (κ1) is 32.3. The molecule has 9 nitrogen and oxygen atoms in total. The van der Waals surface area contributed by atoms with Crippen molar-refractivity contribution in [1.29, 1.82) is 0 Å². The van der Waals surface area contributed by atoms with Gasteiger partial charge in [-0.05, 0) is 70.7 Å². The van der Waals surface area contributed by atoms with Gasteiger partial charge in [-0.3, -0.25) is 19.7 Å². The van der Waals surface area contributed by atoms with Crippen LogP contribution in [0.4, 0.5) is 10.6 Å². The number of ether oxygens (including phenoxy) is 2. The SMILES string of the molecule is CC(C)(C)OC(=O)CC(Cc1ccc(NC(=O)OC(C)(C)C)nc1)C(=O)N(Cc1ccccc1)OCc1ccccc1. The number of nitrogens with one attached hydrogen (secondary N) is 1. The molecule has 1 aromatic heterocycles. The predicted octanol–water partition coefficient (Wildman–Crippen LogP) is 6.48. The average Bonchev–Trinajstić information content (AvgIpc) is 2.90. The van der Waals surface area contributed by atoms with Gasteiger partial charge in [0.05, 0.1) is 18.9 Å². The Balaban J connectivity index is 1.82. The van der Waals surface area contributed by atoms with Crippen LogP contribution in [-0.4, -0.2) is 39.2 Å². The zero-order chi connectivity index (χ0) is 30.8. The first-order valence-electron chi connectivity index (χ1n) is 14.0. The van der Waals surface area contributed by atoms with Crippen molar-refractivity contribution in [2.45, 2.75) is 78.7 Å². The van der Waals surface area contributed by atoms with E-state index in [0.29, 0.717) is 11.4 Å². The third-order valence-corrected chi connectivity index (χ3v) is 5.76. The lowest BCUT2D eigenvalue weighted by molar-refractivity contribution is -0.201.